The van der Waals surface area contributed by atoms with Crippen LogP contribution in [0, 0.1) is 5.92 Å². The minimum atomic E-state index is -0.317. The van der Waals surface area contributed by atoms with Gasteiger partial charge in [-0.3, -0.25) is 0 Å². The van der Waals surface area contributed by atoms with Gasteiger partial charge in [-0.15, -0.1) is 0 Å². The molecule has 0 amide bonds. The van der Waals surface area contributed by atoms with Crippen LogP contribution in [-0.4, -0.2) is 40.9 Å². The minimum Gasteiger partial charge on any atom is -0.490 e. The maximum Gasteiger partial charge on any atom is 0.204 e. The van der Waals surface area contributed by atoms with Crippen LogP contribution in [0.4, 0.5) is 11.6 Å². The molecule has 1 saturated carbocycles. The second-order valence-corrected chi connectivity index (χ2v) is 5.90. The highest BCUT2D eigenvalue weighted by molar-refractivity contribution is 5.64. The third-order valence-electron chi connectivity index (χ3n) is 4.13. The number of methoxy groups -OCH3 is 1. The molecule has 2 atom stereocenters. The fourth-order valence-corrected chi connectivity index (χ4v) is 3.16. The molecular formula is C15H26N4O2. The van der Waals surface area contributed by atoms with Gasteiger partial charge in [0.05, 0.1) is 19.3 Å². The zero-order chi connectivity index (χ0) is 15.3. The molecule has 1 fully saturated rings. The highest BCUT2D eigenvalue weighted by atomic mass is 16.5. The normalized spacial score (nSPS) is 25.4. The number of anilines is 2. The second kappa shape index (κ2) is 6.93. The van der Waals surface area contributed by atoms with E-state index >= 15 is 0 Å². The number of rotatable bonds is 6. The lowest BCUT2D eigenvalue weighted by atomic mass is 9.77. The van der Waals surface area contributed by atoms with E-state index in [0.717, 1.165) is 25.8 Å². The molecular weight excluding hydrogens is 268 g/mol. The predicted molar refractivity (Wildman–Crippen MR) is 83.8 cm³/mol. The molecule has 1 heterocycles. The van der Waals surface area contributed by atoms with Crippen molar-refractivity contribution >= 4 is 11.6 Å². The maximum absolute atomic E-state index is 9.89. The summed E-state index contributed by atoms with van der Waals surface area (Å²) in [6.45, 7) is 5.09. The molecule has 0 bridgehead atoms. The molecule has 0 radical (unpaired) electrons. The van der Waals surface area contributed by atoms with Crippen molar-refractivity contribution in [1.29, 1.82) is 0 Å². The van der Waals surface area contributed by atoms with Crippen LogP contribution in [0.5, 0.6) is 5.75 Å². The van der Waals surface area contributed by atoms with Crippen molar-refractivity contribution in [3.05, 3.63) is 6.33 Å². The molecule has 118 valence electrons. The maximum atomic E-state index is 9.89. The summed E-state index contributed by atoms with van der Waals surface area (Å²) < 4.78 is 5.46. The van der Waals surface area contributed by atoms with Crippen LogP contribution in [0.3, 0.4) is 0 Å². The Bertz CT molecular complexity index is 469. The van der Waals surface area contributed by atoms with Gasteiger partial charge in [0, 0.05) is 6.54 Å². The summed E-state index contributed by atoms with van der Waals surface area (Å²) in [7, 11) is 1.61. The van der Waals surface area contributed by atoms with Gasteiger partial charge in [-0.25, -0.2) is 9.97 Å². The number of nitrogens with one attached hydrogen (secondary N) is 2. The van der Waals surface area contributed by atoms with E-state index in [4.69, 9.17) is 4.74 Å². The van der Waals surface area contributed by atoms with Crippen LogP contribution >= 0.6 is 0 Å². The van der Waals surface area contributed by atoms with E-state index in [2.05, 4.69) is 27.5 Å². The molecule has 6 nitrogen and oxygen atoms in total. The Morgan fingerprint density at radius 1 is 1.43 bits per heavy atom. The Labute approximate surface area is 126 Å². The molecule has 2 rings (SSSR count). The van der Waals surface area contributed by atoms with Crippen LogP contribution in [0.2, 0.25) is 0 Å². The van der Waals surface area contributed by atoms with E-state index in [9.17, 15) is 5.11 Å². The van der Waals surface area contributed by atoms with E-state index in [1.54, 1.807) is 7.11 Å². The smallest absolute Gasteiger partial charge is 0.204 e. The minimum absolute atomic E-state index is 0.0983. The van der Waals surface area contributed by atoms with Gasteiger partial charge in [-0.2, -0.15) is 0 Å². The van der Waals surface area contributed by atoms with Gasteiger partial charge >= 0.3 is 0 Å². The fourth-order valence-electron chi connectivity index (χ4n) is 3.16. The summed E-state index contributed by atoms with van der Waals surface area (Å²) in [6.07, 6.45) is 5.72. The van der Waals surface area contributed by atoms with Gasteiger partial charge in [-0.05, 0) is 25.7 Å². The van der Waals surface area contributed by atoms with E-state index in [0.29, 0.717) is 23.3 Å². The van der Waals surface area contributed by atoms with Gasteiger partial charge in [0.15, 0.2) is 11.6 Å². The fraction of sp³-hybridized carbons (Fsp3) is 0.733. The van der Waals surface area contributed by atoms with Crippen molar-refractivity contribution in [2.45, 2.75) is 45.1 Å². The van der Waals surface area contributed by atoms with Gasteiger partial charge in [0.1, 0.15) is 6.33 Å². The van der Waals surface area contributed by atoms with E-state index < -0.39 is 0 Å². The zero-order valence-electron chi connectivity index (χ0n) is 13.1. The van der Waals surface area contributed by atoms with Crippen molar-refractivity contribution in [3.8, 4) is 5.75 Å². The summed E-state index contributed by atoms with van der Waals surface area (Å²) in [6, 6.07) is 0. The lowest BCUT2D eigenvalue weighted by molar-refractivity contribution is 0.149. The molecule has 0 aliphatic heterocycles. The third-order valence-corrected chi connectivity index (χ3v) is 4.13. The van der Waals surface area contributed by atoms with Crippen LogP contribution in [0.1, 0.15) is 39.5 Å². The zero-order valence-corrected chi connectivity index (χ0v) is 13.1. The summed E-state index contributed by atoms with van der Waals surface area (Å²) in [5.41, 5.74) is -0.317. The Morgan fingerprint density at radius 2 is 2.19 bits per heavy atom. The van der Waals surface area contributed by atoms with Crippen molar-refractivity contribution in [1.82, 2.24) is 9.97 Å². The highest BCUT2D eigenvalue weighted by Crippen LogP contribution is 2.37. The third kappa shape index (κ3) is 3.56. The molecule has 2 unspecified atom stereocenters. The first-order chi connectivity index (χ1) is 10.1. The number of aliphatic hydroxyl groups is 1. The molecule has 1 aromatic heterocycles. The Morgan fingerprint density at radius 3 is 2.81 bits per heavy atom. The first-order valence-corrected chi connectivity index (χ1v) is 7.66. The molecule has 0 saturated heterocycles. The van der Waals surface area contributed by atoms with Crippen molar-refractivity contribution < 1.29 is 9.84 Å². The SMILES string of the molecule is CCNc1ncnc(NC2(CO)CCCC(C)C2)c1OC. The number of ether oxygens (including phenoxy) is 1. The average Bonchev–Trinajstić information content (AvgIpc) is 2.48. The van der Waals surface area contributed by atoms with E-state index in [-0.39, 0.29) is 12.1 Å². The molecule has 1 aliphatic carbocycles. The highest BCUT2D eigenvalue weighted by Gasteiger charge is 2.35. The van der Waals surface area contributed by atoms with E-state index in [1.165, 1.54) is 12.7 Å². The van der Waals surface area contributed by atoms with Crippen LogP contribution in [0.15, 0.2) is 6.33 Å². The number of aliphatic hydroxyl groups excluding tert-OH is 1. The van der Waals surface area contributed by atoms with E-state index in [1.807, 2.05) is 6.92 Å². The van der Waals surface area contributed by atoms with Crippen molar-refractivity contribution in [3.63, 3.8) is 0 Å². The lowest BCUT2D eigenvalue weighted by Gasteiger charge is -2.40. The number of hydrogen-bond donors (Lipinski definition) is 3. The standard InChI is InChI=1S/C15H26N4O2/c1-4-16-13-12(21-3)14(18-10-17-13)19-15(9-20)7-5-6-11(2)8-15/h10-11,20H,4-9H2,1-3H3,(H2,16,17,18,19). The molecule has 6 heteroatoms. The molecule has 1 aromatic rings. The number of aromatic nitrogens is 2. The largest absolute Gasteiger partial charge is 0.490 e. The van der Waals surface area contributed by atoms with Crippen LogP contribution < -0.4 is 15.4 Å². The summed E-state index contributed by atoms with van der Waals surface area (Å²) in [4.78, 5) is 8.51. The summed E-state index contributed by atoms with van der Waals surface area (Å²) in [5.74, 6) is 2.52. The van der Waals surface area contributed by atoms with Crippen LogP contribution in [0.25, 0.3) is 0 Å². The molecule has 0 aromatic carbocycles. The average molecular weight is 294 g/mol. The molecule has 1 aliphatic rings. The summed E-state index contributed by atoms with van der Waals surface area (Å²) in [5, 5.41) is 16.5. The van der Waals surface area contributed by atoms with Gasteiger partial charge in [0.25, 0.3) is 0 Å². The lowest BCUT2D eigenvalue weighted by Crippen LogP contribution is -2.46. The first-order valence-electron chi connectivity index (χ1n) is 7.66. The summed E-state index contributed by atoms with van der Waals surface area (Å²) >= 11 is 0. The topological polar surface area (TPSA) is 79.3 Å². The molecule has 21 heavy (non-hydrogen) atoms. The Balaban J connectivity index is 2.26. The van der Waals surface area contributed by atoms with Crippen LogP contribution in [-0.2, 0) is 0 Å². The predicted octanol–water partition coefficient (Wildman–Crippen LogP) is 2.27. The van der Waals surface area contributed by atoms with Crippen molar-refractivity contribution in [2.24, 2.45) is 5.92 Å². The van der Waals surface area contributed by atoms with Gasteiger partial charge < -0.3 is 20.5 Å². The molecule has 3 N–H and O–H groups in total. The number of nitrogens with zero attached hydrogens (tertiary/aromatic N) is 2. The first kappa shape index (κ1) is 15.8. The van der Waals surface area contributed by atoms with Crippen molar-refractivity contribution in [2.75, 3.05) is 30.9 Å². The second-order valence-electron chi connectivity index (χ2n) is 5.90. The van der Waals surface area contributed by atoms with Gasteiger partial charge in [-0.1, -0.05) is 19.8 Å². The Kier molecular flexibility index (Phi) is 5.22. The number of hydrogen-bond acceptors (Lipinski definition) is 6. The Hall–Kier alpha value is -1.56. The monoisotopic (exact) mass is 294 g/mol. The quantitative estimate of drug-likeness (QED) is 0.747. The van der Waals surface area contributed by atoms with Gasteiger partial charge in [0.2, 0.25) is 5.75 Å². The molecule has 0 spiro atoms.